The molecule has 2 atom stereocenters. The molecule has 1 N–H and O–H groups in total. The molecule has 1 aliphatic carbocycles. The predicted octanol–water partition coefficient (Wildman–Crippen LogP) is 3.94. The highest BCUT2D eigenvalue weighted by atomic mass is 16.5. The molecule has 1 aliphatic heterocycles. The average Bonchev–Trinajstić information content (AvgIpc) is 3.26. The molecule has 2 heterocycles. The van der Waals surface area contributed by atoms with Gasteiger partial charge in [-0.2, -0.15) is 0 Å². The van der Waals surface area contributed by atoms with Gasteiger partial charge in [-0.1, -0.05) is 18.2 Å². The summed E-state index contributed by atoms with van der Waals surface area (Å²) in [5.74, 6) is 0.551. The third kappa shape index (κ3) is 6.05. The number of nitrogens with one attached hydrogen (secondary N) is 1. The van der Waals surface area contributed by atoms with Crippen molar-refractivity contribution in [3.05, 3.63) is 59.3 Å². The Bertz CT molecular complexity index is 855. The van der Waals surface area contributed by atoms with Crippen molar-refractivity contribution in [1.82, 2.24) is 15.2 Å². The molecule has 6 nitrogen and oxygen atoms in total. The minimum Gasteiger partial charge on any atom is -0.474 e. The van der Waals surface area contributed by atoms with Crippen LogP contribution in [0.5, 0.6) is 5.88 Å². The normalized spacial score (nSPS) is 22.4. The topological polar surface area (TPSA) is 63.7 Å². The predicted molar refractivity (Wildman–Crippen MR) is 120 cm³/mol. The minimum atomic E-state index is -0.0872. The van der Waals surface area contributed by atoms with E-state index in [9.17, 15) is 4.79 Å². The number of rotatable bonds is 7. The molecule has 1 aromatic heterocycles. The van der Waals surface area contributed by atoms with Crippen LogP contribution in [0.15, 0.2) is 42.6 Å². The third-order valence-corrected chi connectivity index (χ3v) is 5.99. The fourth-order valence-corrected chi connectivity index (χ4v) is 4.54. The summed E-state index contributed by atoms with van der Waals surface area (Å²) in [4.78, 5) is 19.5. The highest BCUT2D eigenvalue weighted by molar-refractivity contribution is 5.94. The average molecular weight is 424 g/mol. The van der Waals surface area contributed by atoms with Crippen molar-refractivity contribution in [1.29, 1.82) is 0 Å². The number of aromatic nitrogens is 1. The highest BCUT2D eigenvalue weighted by Gasteiger charge is 2.22. The second kappa shape index (κ2) is 10.2. The molecule has 1 saturated carbocycles. The Morgan fingerprint density at radius 2 is 1.84 bits per heavy atom. The molecule has 0 bridgehead atoms. The molecule has 0 spiro atoms. The zero-order valence-electron chi connectivity index (χ0n) is 18.5. The molecule has 31 heavy (non-hydrogen) atoms. The first-order valence-electron chi connectivity index (χ1n) is 11.4. The first-order valence-corrected chi connectivity index (χ1v) is 11.4. The van der Waals surface area contributed by atoms with Crippen molar-refractivity contribution in [2.75, 3.05) is 13.1 Å². The lowest BCUT2D eigenvalue weighted by molar-refractivity contribution is -0.0704. The van der Waals surface area contributed by atoms with Crippen LogP contribution in [-0.4, -0.2) is 47.2 Å². The van der Waals surface area contributed by atoms with Gasteiger partial charge < -0.3 is 14.8 Å². The molecular weight excluding hydrogens is 390 g/mol. The summed E-state index contributed by atoms with van der Waals surface area (Å²) in [7, 11) is 0. The van der Waals surface area contributed by atoms with Crippen LogP contribution in [0.4, 0.5) is 0 Å². The maximum absolute atomic E-state index is 12.7. The van der Waals surface area contributed by atoms with E-state index in [1.165, 1.54) is 18.4 Å². The Balaban J connectivity index is 1.31. The van der Waals surface area contributed by atoms with E-state index >= 15 is 0 Å². The Hall–Kier alpha value is -2.44. The van der Waals surface area contributed by atoms with Gasteiger partial charge >= 0.3 is 0 Å². The molecule has 2 fully saturated rings. The summed E-state index contributed by atoms with van der Waals surface area (Å²) in [5.41, 5.74) is 2.78. The van der Waals surface area contributed by atoms with Crippen LogP contribution < -0.4 is 10.1 Å². The number of nitrogens with zero attached hydrogens (tertiary/aromatic N) is 2. The van der Waals surface area contributed by atoms with Gasteiger partial charge in [0.2, 0.25) is 5.88 Å². The number of carbonyl (C=O) groups is 1. The number of hydrogen-bond donors (Lipinski definition) is 1. The lowest BCUT2D eigenvalue weighted by Crippen LogP contribution is -2.44. The summed E-state index contributed by atoms with van der Waals surface area (Å²) in [6.45, 7) is 7.37. The Labute approximate surface area is 185 Å². The zero-order chi connectivity index (χ0) is 21.6. The third-order valence-electron chi connectivity index (χ3n) is 5.99. The number of pyridine rings is 1. The monoisotopic (exact) mass is 423 g/mol. The van der Waals surface area contributed by atoms with Gasteiger partial charge in [0.1, 0.15) is 6.10 Å². The van der Waals surface area contributed by atoms with Crippen LogP contribution in [0.1, 0.15) is 61.0 Å². The van der Waals surface area contributed by atoms with E-state index in [-0.39, 0.29) is 24.2 Å². The van der Waals surface area contributed by atoms with Gasteiger partial charge in [0, 0.05) is 43.5 Å². The first-order chi connectivity index (χ1) is 15.1. The van der Waals surface area contributed by atoms with Crippen LogP contribution in [0.25, 0.3) is 0 Å². The molecular formula is C25H33N3O3. The number of hydrogen-bond acceptors (Lipinski definition) is 5. The van der Waals surface area contributed by atoms with E-state index in [0.717, 1.165) is 38.0 Å². The van der Waals surface area contributed by atoms with Crippen LogP contribution in [0.3, 0.4) is 0 Å². The number of carbonyl (C=O) groups excluding carboxylic acids is 1. The van der Waals surface area contributed by atoms with Crippen LogP contribution in [0, 0.1) is 0 Å². The lowest BCUT2D eigenvalue weighted by atomic mass is 10.1. The molecule has 0 radical (unpaired) electrons. The molecule has 4 rings (SSSR count). The van der Waals surface area contributed by atoms with Gasteiger partial charge in [-0.3, -0.25) is 9.69 Å². The van der Waals surface area contributed by atoms with E-state index < -0.39 is 0 Å². The zero-order valence-corrected chi connectivity index (χ0v) is 18.5. The van der Waals surface area contributed by atoms with E-state index in [0.29, 0.717) is 18.0 Å². The highest BCUT2D eigenvalue weighted by Crippen LogP contribution is 2.25. The SMILES string of the molecule is C[C@@H]1CN(Cc2ccc(C(=O)NCc3cccnc3OC3CCCC3)cc2)C[C@H](C)O1. The summed E-state index contributed by atoms with van der Waals surface area (Å²) in [5, 5.41) is 3.01. The van der Waals surface area contributed by atoms with E-state index in [1.54, 1.807) is 6.20 Å². The lowest BCUT2D eigenvalue weighted by Gasteiger charge is -2.35. The number of ether oxygens (including phenoxy) is 2. The van der Waals surface area contributed by atoms with Crippen molar-refractivity contribution in [3.8, 4) is 5.88 Å². The van der Waals surface area contributed by atoms with Gasteiger partial charge in [-0.15, -0.1) is 0 Å². The van der Waals surface area contributed by atoms with Crippen molar-refractivity contribution >= 4 is 5.91 Å². The standard InChI is InChI=1S/C25H33N3O3/c1-18-15-28(16-19(2)30-18)17-20-9-11-21(12-10-20)24(29)27-14-22-6-5-13-26-25(22)31-23-7-3-4-8-23/h5-6,9-13,18-19,23H,3-4,7-8,14-17H2,1-2H3,(H,27,29)/t18-,19+. The maximum Gasteiger partial charge on any atom is 0.251 e. The number of amides is 1. The van der Waals surface area contributed by atoms with Crippen molar-refractivity contribution in [3.63, 3.8) is 0 Å². The summed E-state index contributed by atoms with van der Waals surface area (Å²) in [6.07, 6.45) is 7.08. The number of morpholine rings is 1. The largest absolute Gasteiger partial charge is 0.474 e. The fourth-order valence-electron chi connectivity index (χ4n) is 4.54. The second-order valence-corrected chi connectivity index (χ2v) is 8.82. The Morgan fingerprint density at radius 3 is 2.55 bits per heavy atom. The van der Waals surface area contributed by atoms with Gasteiger partial charge in [0.25, 0.3) is 5.91 Å². The second-order valence-electron chi connectivity index (χ2n) is 8.82. The molecule has 0 unspecified atom stereocenters. The Morgan fingerprint density at radius 1 is 1.13 bits per heavy atom. The van der Waals surface area contributed by atoms with Gasteiger partial charge in [0.05, 0.1) is 12.2 Å². The minimum absolute atomic E-state index is 0.0872. The number of benzene rings is 1. The smallest absolute Gasteiger partial charge is 0.251 e. The summed E-state index contributed by atoms with van der Waals surface area (Å²) >= 11 is 0. The Kier molecular flexibility index (Phi) is 7.20. The molecule has 1 aromatic carbocycles. The van der Waals surface area contributed by atoms with Gasteiger partial charge in [0.15, 0.2) is 0 Å². The van der Waals surface area contributed by atoms with Crippen LogP contribution >= 0.6 is 0 Å². The molecule has 166 valence electrons. The van der Waals surface area contributed by atoms with E-state index in [2.05, 4.69) is 29.0 Å². The molecule has 2 aromatic rings. The molecule has 1 saturated heterocycles. The van der Waals surface area contributed by atoms with Gasteiger partial charge in [-0.05, 0) is 63.3 Å². The quantitative estimate of drug-likeness (QED) is 0.731. The van der Waals surface area contributed by atoms with Crippen molar-refractivity contribution in [2.45, 2.75) is 70.9 Å². The van der Waals surface area contributed by atoms with E-state index in [4.69, 9.17) is 9.47 Å². The van der Waals surface area contributed by atoms with Crippen molar-refractivity contribution < 1.29 is 14.3 Å². The van der Waals surface area contributed by atoms with E-state index in [1.807, 2.05) is 36.4 Å². The molecule has 1 amide bonds. The summed E-state index contributed by atoms with van der Waals surface area (Å²) < 4.78 is 11.9. The van der Waals surface area contributed by atoms with Crippen LogP contribution in [-0.2, 0) is 17.8 Å². The van der Waals surface area contributed by atoms with Crippen molar-refractivity contribution in [2.24, 2.45) is 0 Å². The molecule has 6 heteroatoms. The fraction of sp³-hybridized carbons (Fsp3) is 0.520. The van der Waals surface area contributed by atoms with Crippen LogP contribution in [0.2, 0.25) is 0 Å². The maximum atomic E-state index is 12.7. The first kappa shape index (κ1) is 21.8. The van der Waals surface area contributed by atoms with Gasteiger partial charge in [-0.25, -0.2) is 4.98 Å². The summed E-state index contributed by atoms with van der Waals surface area (Å²) in [6, 6.07) is 11.7. The molecule has 2 aliphatic rings.